The highest BCUT2D eigenvalue weighted by Crippen LogP contribution is 2.26. The predicted octanol–water partition coefficient (Wildman–Crippen LogP) is 3.65. The second kappa shape index (κ2) is 8.94. The van der Waals surface area contributed by atoms with Crippen molar-refractivity contribution in [1.29, 1.82) is 0 Å². The summed E-state index contributed by atoms with van der Waals surface area (Å²) in [6.07, 6.45) is 1.49. The maximum absolute atomic E-state index is 11.9. The van der Waals surface area contributed by atoms with Gasteiger partial charge in [0.25, 0.3) is 5.91 Å². The molecule has 2 aromatic carbocycles. The van der Waals surface area contributed by atoms with Gasteiger partial charge in [0.2, 0.25) is 0 Å². The molecule has 0 unspecified atom stereocenters. The molecule has 0 fully saturated rings. The Labute approximate surface area is 151 Å². The van der Waals surface area contributed by atoms with Crippen LogP contribution in [0.25, 0.3) is 0 Å². The molecule has 0 bridgehead atoms. The van der Waals surface area contributed by atoms with Crippen molar-refractivity contribution in [3.8, 4) is 11.5 Å². The molecule has 25 heavy (non-hydrogen) atoms. The number of carbonyl (C=O) groups excluding carboxylic acids is 1. The number of carbonyl (C=O) groups is 1. The molecular weight excluding hydrogens is 344 g/mol. The number of hydrogen-bond acceptors (Lipinski definition) is 5. The van der Waals surface area contributed by atoms with E-state index >= 15 is 0 Å². The van der Waals surface area contributed by atoms with Gasteiger partial charge in [0.15, 0.2) is 18.1 Å². The number of ether oxygens (including phenoxy) is 2. The van der Waals surface area contributed by atoms with Crippen molar-refractivity contribution < 1.29 is 19.1 Å². The quantitative estimate of drug-likeness (QED) is 0.603. The average Bonchev–Trinajstić information content (AvgIpc) is 2.61. The van der Waals surface area contributed by atoms with Crippen LogP contribution in [0.3, 0.4) is 0 Å². The van der Waals surface area contributed by atoms with Crippen molar-refractivity contribution in [2.45, 2.75) is 6.92 Å². The van der Waals surface area contributed by atoms with Crippen LogP contribution in [0.1, 0.15) is 11.1 Å². The number of benzene rings is 2. The molecule has 0 saturated heterocycles. The molecule has 132 valence electrons. The van der Waals surface area contributed by atoms with Crippen molar-refractivity contribution in [2.75, 3.05) is 26.1 Å². The third-order valence-corrected chi connectivity index (χ3v) is 3.59. The standard InChI is InChI=1S/C18H19ClN2O4/c1-12-4-6-14(19)9-15(12)21-18(22)11-25-20-10-13-5-7-16(23-2)17(8-13)24-3/h4-10H,11H2,1-3H3,(H,21,22)/b20-10+. The second-order valence-electron chi connectivity index (χ2n) is 5.13. The minimum Gasteiger partial charge on any atom is -0.493 e. The van der Waals surface area contributed by atoms with Gasteiger partial charge < -0.3 is 19.6 Å². The van der Waals surface area contributed by atoms with E-state index in [4.69, 9.17) is 25.9 Å². The third-order valence-electron chi connectivity index (χ3n) is 3.35. The smallest absolute Gasteiger partial charge is 0.265 e. The highest BCUT2D eigenvalue weighted by Gasteiger charge is 2.06. The van der Waals surface area contributed by atoms with Gasteiger partial charge in [-0.2, -0.15) is 0 Å². The van der Waals surface area contributed by atoms with Crippen LogP contribution in [-0.2, 0) is 9.63 Å². The van der Waals surface area contributed by atoms with Gasteiger partial charge in [0, 0.05) is 16.3 Å². The third kappa shape index (κ3) is 5.39. The number of anilines is 1. The van der Waals surface area contributed by atoms with E-state index in [2.05, 4.69) is 10.5 Å². The first-order valence-corrected chi connectivity index (χ1v) is 7.84. The fourth-order valence-corrected chi connectivity index (χ4v) is 2.21. The number of methoxy groups -OCH3 is 2. The summed E-state index contributed by atoms with van der Waals surface area (Å²) >= 11 is 5.92. The molecular formula is C18H19ClN2O4. The van der Waals surface area contributed by atoms with Crippen LogP contribution in [0.2, 0.25) is 5.02 Å². The molecule has 0 radical (unpaired) electrons. The summed E-state index contributed by atoms with van der Waals surface area (Å²) < 4.78 is 10.4. The summed E-state index contributed by atoms with van der Waals surface area (Å²) in [5.41, 5.74) is 2.31. The van der Waals surface area contributed by atoms with Crippen LogP contribution in [0.4, 0.5) is 5.69 Å². The number of rotatable bonds is 7. The van der Waals surface area contributed by atoms with Crippen LogP contribution in [0, 0.1) is 6.92 Å². The van der Waals surface area contributed by atoms with E-state index in [1.807, 2.05) is 13.0 Å². The number of aryl methyl sites for hydroxylation is 1. The number of hydrogen-bond donors (Lipinski definition) is 1. The zero-order valence-corrected chi connectivity index (χ0v) is 15.0. The van der Waals surface area contributed by atoms with Crippen LogP contribution in [0.5, 0.6) is 11.5 Å². The lowest BCUT2D eigenvalue weighted by atomic mass is 10.2. The molecule has 7 heteroatoms. The Morgan fingerprint density at radius 1 is 1.16 bits per heavy atom. The van der Waals surface area contributed by atoms with E-state index in [0.717, 1.165) is 11.1 Å². The molecule has 2 rings (SSSR count). The Kier molecular flexibility index (Phi) is 6.65. The minimum atomic E-state index is -0.324. The summed E-state index contributed by atoms with van der Waals surface area (Å²) in [4.78, 5) is 16.9. The predicted molar refractivity (Wildman–Crippen MR) is 97.9 cm³/mol. The molecule has 1 amide bonds. The van der Waals surface area contributed by atoms with Crippen molar-refractivity contribution in [2.24, 2.45) is 5.16 Å². The Morgan fingerprint density at radius 3 is 2.64 bits per heavy atom. The van der Waals surface area contributed by atoms with Gasteiger partial charge in [-0.25, -0.2) is 0 Å². The van der Waals surface area contributed by atoms with E-state index in [1.54, 1.807) is 44.6 Å². The van der Waals surface area contributed by atoms with Crippen molar-refractivity contribution >= 4 is 29.4 Å². The maximum Gasteiger partial charge on any atom is 0.265 e. The lowest BCUT2D eigenvalue weighted by Gasteiger charge is -2.08. The number of nitrogens with one attached hydrogen (secondary N) is 1. The number of halogens is 1. The van der Waals surface area contributed by atoms with Gasteiger partial charge in [-0.05, 0) is 42.8 Å². The van der Waals surface area contributed by atoms with Crippen LogP contribution >= 0.6 is 11.6 Å². The van der Waals surface area contributed by atoms with E-state index < -0.39 is 0 Å². The normalized spacial score (nSPS) is 10.6. The number of amides is 1. The van der Waals surface area contributed by atoms with Crippen molar-refractivity contribution in [3.05, 3.63) is 52.5 Å². The van der Waals surface area contributed by atoms with Gasteiger partial charge in [0.05, 0.1) is 20.4 Å². The van der Waals surface area contributed by atoms with E-state index in [0.29, 0.717) is 22.2 Å². The summed E-state index contributed by atoms with van der Waals surface area (Å²) in [5.74, 6) is 0.882. The second-order valence-corrected chi connectivity index (χ2v) is 5.57. The fraction of sp³-hybridized carbons (Fsp3) is 0.222. The monoisotopic (exact) mass is 362 g/mol. The number of oxime groups is 1. The zero-order valence-electron chi connectivity index (χ0n) is 14.2. The summed E-state index contributed by atoms with van der Waals surface area (Å²) in [6.45, 7) is 1.66. The molecule has 0 aliphatic carbocycles. The molecule has 0 spiro atoms. The van der Waals surface area contributed by atoms with E-state index in [-0.39, 0.29) is 12.5 Å². The summed E-state index contributed by atoms with van der Waals surface area (Å²) in [5, 5.41) is 7.06. The molecule has 0 heterocycles. The minimum absolute atomic E-state index is 0.213. The van der Waals surface area contributed by atoms with Gasteiger partial charge >= 0.3 is 0 Å². The van der Waals surface area contributed by atoms with Crippen molar-refractivity contribution in [1.82, 2.24) is 0 Å². The SMILES string of the molecule is COc1ccc(/C=N/OCC(=O)Nc2cc(Cl)ccc2C)cc1OC. The van der Waals surface area contributed by atoms with Gasteiger partial charge in [-0.3, -0.25) is 4.79 Å². The number of nitrogens with zero attached hydrogens (tertiary/aromatic N) is 1. The molecule has 2 aromatic rings. The topological polar surface area (TPSA) is 69.2 Å². The first-order chi connectivity index (χ1) is 12.0. The van der Waals surface area contributed by atoms with Crippen molar-refractivity contribution in [3.63, 3.8) is 0 Å². The fourth-order valence-electron chi connectivity index (χ4n) is 2.04. The van der Waals surface area contributed by atoms with Gasteiger partial charge in [-0.15, -0.1) is 0 Å². The lowest BCUT2D eigenvalue weighted by Crippen LogP contribution is -2.17. The molecule has 0 aliphatic rings. The Morgan fingerprint density at radius 2 is 1.92 bits per heavy atom. The first-order valence-electron chi connectivity index (χ1n) is 7.47. The molecule has 6 nitrogen and oxygen atoms in total. The lowest BCUT2D eigenvalue weighted by molar-refractivity contribution is -0.120. The van der Waals surface area contributed by atoms with Crippen LogP contribution in [-0.4, -0.2) is 32.9 Å². The molecule has 0 aliphatic heterocycles. The Hall–Kier alpha value is -2.73. The highest BCUT2D eigenvalue weighted by atomic mass is 35.5. The first kappa shape index (κ1) is 18.6. The molecule has 0 saturated carbocycles. The van der Waals surface area contributed by atoms with E-state index in [9.17, 15) is 4.79 Å². The molecule has 0 atom stereocenters. The van der Waals surface area contributed by atoms with E-state index in [1.165, 1.54) is 6.21 Å². The largest absolute Gasteiger partial charge is 0.493 e. The maximum atomic E-state index is 11.9. The van der Waals surface area contributed by atoms with Crippen LogP contribution < -0.4 is 14.8 Å². The zero-order chi connectivity index (χ0) is 18.2. The molecule has 1 N–H and O–H groups in total. The van der Waals surface area contributed by atoms with Gasteiger partial charge in [-0.1, -0.05) is 22.8 Å². The summed E-state index contributed by atoms with van der Waals surface area (Å²) in [6, 6.07) is 10.6. The Bertz CT molecular complexity index is 778. The van der Waals surface area contributed by atoms with Gasteiger partial charge in [0.1, 0.15) is 0 Å². The average molecular weight is 363 g/mol. The highest BCUT2D eigenvalue weighted by molar-refractivity contribution is 6.31. The Balaban J connectivity index is 1.88. The molecule has 0 aromatic heterocycles. The van der Waals surface area contributed by atoms with Crippen LogP contribution in [0.15, 0.2) is 41.6 Å². The summed E-state index contributed by atoms with van der Waals surface area (Å²) in [7, 11) is 3.12.